The first-order valence-electron chi connectivity index (χ1n) is 10.9. The van der Waals surface area contributed by atoms with Gasteiger partial charge in [0, 0.05) is 13.3 Å². The van der Waals surface area contributed by atoms with E-state index in [0.29, 0.717) is 12.8 Å². The van der Waals surface area contributed by atoms with Crippen LogP contribution in [0.1, 0.15) is 58.8 Å². The monoisotopic (exact) mass is 434 g/mol. The Morgan fingerprint density at radius 3 is 2.29 bits per heavy atom. The maximum atomic E-state index is 11.6. The van der Waals surface area contributed by atoms with E-state index in [9.17, 15) is 19.8 Å². The second-order valence-corrected chi connectivity index (χ2v) is 6.94. The minimum atomic E-state index is -1.00. The molecule has 174 valence electrons. The van der Waals surface area contributed by atoms with Crippen LogP contribution in [-0.2, 0) is 19.1 Å². The van der Waals surface area contributed by atoms with Crippen molar-refractivity contribution in [1.82, 2.24) is 0 Å². The lowest BCUT2D eigenvalue weighted by Gasteiger charge is -2.10. The van der Waals surface area contributed by atoms with E-state index in [2.05, 4.69) is 29.9 Å². The molecule has 0 saturated heterocycles. The lowest BCUT2D eigenvalue weighted by Crippen LogP contribution is -2.24. The predicted octanol–water partition coefficient (Wildman–Crippen LogP) is 4.35. The molecule has 0 aromatic carbocycles. The molecule has 0 bridgehead atoms. The number of allylic oxidation sites excluding steroid dienone is 8. The molecule has 6 nitrogen and oxygen atoms in total. The van der Waals surface area contributed by atoms with Crippen molar-refractivity contribution in [3.05, 3.63) is 60.8 Å². The number of carbonyl (C=O) groups excluding carboxylic acids is 2. The van der Waals surface area contributed by atoms with Gasteiger partial charge < -0.3 is 19.7 Å². The standard InChI is InChI=1S/C25H38O6/c1-3-4-5-6-11-14-17-23(27)18-15-12-9-7-8-10-13-16-19-25(29)31-21-24(28)20-30-22(2)26/h4-5,8-12,14-15,18,23-24,27-28H,3,6-7,13,16-17,19-21H2,1-2H3/b5-4-,10-8-,12-9-,14-11-,18-15+/t23?,24-/m0/s1. The topological polar surface area (TPSA) is 93.1 Å². The van der Waals surface area contributed by atoms with Crippen molar-refractivity contribution in [2.45, 2.75) is 71.0 Å². The minimum absolute atomic E-state index is 0.179. The number of aliphatic hydroxyl groups is 2. The summed E-state index contributed by atoms with van der Waals surface area (Å²) >= 11 is 0. The highest BCUT2D eigenvalue weighted by atomic mass is 16.6. The Bertz CT molecular complexity index is 616. The van der Waals surface area contributed by atoms with Crippen molar-refractivity contribution in [3.8, 4) is 0 Å². The average molecular weight is 435 g/mol. The van der Waals surface area contributed by atoms with E-state index in [1.807, 2.05) is 36.5 Å². The highest BCUT2D eigenvalue weighted by Crippen LogP contribution is 2.02. The Kier molecular flexibility index (Phi) is 19.2. The molecular formula is C25H38O6. The zero-order valence-electron chi connectivity index (χ0n) is 18.8. The molecule has 2 atom stereocenters. The molecule has 0 fully saturated rings. The highest BCUT2D eigenvalue weighted by Gasteiger charge is 2.09. The fourth-order valence-electron chi connectivity index (χ4n) is 2.28. The molecule has 0 heterocycles. The number of ether oxygens (including phenoxy) is 2. The van der Waals surface area contributed by atoms with Crippen molar-refractivity contribution in [2.24, 2.45) is 0 Å². The van der Waals surface area contributed by atoms with Gasteiger partial charge in [0.2, 0.25) is 0 Å². The predicted molar refractivity (Wildman–Crippen MR) is 123 cm³/mol. The number of hydrogen-bond donors (Lipinski definition) is 2. The molecular weight excluding hydrogens is 396 g/mol. The molecule has 0 rings (SSSR count). The van der Waals surface area contributed by atoms with Crippen LogP contribution in [0.5, 0.6) is 0 Å². The quantitative estimate of drug-likeness (QED) is 0.153. The summed E-state index contributed by atoms with van der Waals surface area (Å²) in [6.07, 6.45) is 23.3. The third-order valence-electron chi connectivity index (χ3n) is 3.91. The number of aliphatic hydroxyl groups excluding tert-OH is 2. The van der Waals surface area contributed by atoms with Crippen molar-refractivity contribution >= 4 is 11.9 Å². The van der Waals surface area contributed by atoms with Crippen LogP contribution in [-0.4, -0.2) is 47.6 Å². The van der Waals surface area contributed by atoms with Crippen LogP contribution in [0.4, 0.5) is 0 Å². The highest BCUT2D eigenvalue weighted by molar-refractivity contribution is 5.69. The van der Waals surface area contributed by atoms with Crippen molar-refractivity contribution in [3.63, 3.8) is 0 Å². The second kappa shape index (κ2) is 20.8. The number of unbranched alkanes of at least 4 members (excludes halogenated alkanes) is 1. The molecule has 0 aliphatic rings. The zero-order chi connectivity index (χ0) is 23.2. The number of carbonyl (C=O) groups is 2. The van der Waals surface area contributed by atoms with E-state index in [-0.39, 0.29) is 25.6 Å². The van der Waals surface area contributed by atoms with Gasteiger partial charge in [-0.15, -0.1) is 0 Å². The summed E-state index contributed by atoms with van der Waals surface area (Å²) in [6, 6.07) is 0. The van der Waals surface area contributed by atoms with Crippen molar-refractivity contribution in [1.29, 1.82) is 0 Å². The lowest BCUT2D eigenvalue weighted by molar-refractivity contribution is -0.151. The van der Waals surface area contributed by atoms with Gasteiger partial charge in [-0.1, -0.05) is 67.7 Å². The van der Waals surface area contributed by atoms with E-state index in [1.165, 1.54) is 6.92 Å². The minimum Gasteiger partial charge on any atom is -0.463 e. The van der Waals surface area contributed by atoms with Crippen LogP contribution in [0.25, 0.3) is 0 Å². The summed E-state index contributed by atoms with van der Waals surface area (Å²) in [5.41, 5.74) is 0. The first-order chi connectivity index (χ1) is 15.0. The van der Waals surface area contributed by atoms with Crippen LogP contribution < -0.4 is 0 Å². The maximum Gasteiger partial charge on any atom is 0.305 e. The van der Waals surface area contributed by atoms with Crippen LogP contribution in [0.15, 0.2) is 60.8 Å². The van der Waals surface area contributed by atoms with E-state index < -0.39 is 18.2 Å². The molecule has 0 radical (unpaired) electrons. The molecule has 0 aromatic heterocycles. The number of esters is 2. The summed E-state index contributed by atoms with van der Waals surface area (Å²) in [6.45, 7) is 2.99. The van der Waals surface area contributed by atoms with Gasteiger partial charge in [-0.3, -0.25) is 9.59 Å². The molecule has 0 saturated carbocycles. The zero-order valence-corrected chi connectivity index (χ0v) is 18.8. The van der Waals surface area contributed by atoms with Gasteiger partial charge in [0.1, 0.15) is 19.3 Å². The Labute approximate surface area is 186 Å². The van der Waals surface area contributed by atoms with Gasteiger partial charge in [-0.2, -0.15) is 0 Å². The van der Waals surface area contributed by atoms with Crippen molar-refractivity contribution in [2.75, 3.05) is 13.2 Å². The Morgan fingerprint density at radius 1 is 0.871 bits per heavy atom. The summed E-state index contributed by atoms with van der Waals surface area (Å²) < 4.78 is 9.55. The van der Waals surface area contributed by atoms with Gasteiger partial charge >= 0.3 is 11.9 Å². The SMILES string of the molecule is CC/C=C\C/C=C\CC(O)/C=C/C=C\C/C=C\CCCC(=O)OC[C@@H](O)COC(C)=O. The molecule has 0 aliphatic carbocycles. The summed E-state index contributed by atoms with van der Waals surface area (Å²) in [4.78, 5) is 22.2. The molecule has 0 spiro atoms. The van der Waals surface area contributed by atoms with E-state index in [1.54, 1.807) is 6.08 Å². The van der Waals surface area contributed by atoms with Gasteiger partial charge in [-0.25, -0.2) is 0 Å². The summed E-state index contributed by atoms with van der Waals surface area (Å²) in [5.74, 6) is -0.870. The van der Waals surface area contributed by atoms with E-state index in [0.717, 1.165) is 25.7 Å². The first-order valence-corrected chi connectivity index (χ1v) is 10.9. The van der Waals surface area contributed by atoms with Gasteiger partial charge in [0.25, 0.3) is 0 Å². The molecule has 0 aromatic rings. The fraction of sp³-hybridized carbons (Fsp3) is 0.520. The van der Waals surface area contributed by atoms with E-state index >= 15 is 0 Å². The lowest BCUT2D eigenvalue weighted by atomic mass is 10.2. The largest absolute Gasteiger partial charge is 0.463 e. The van der Waals surface area contributed by atoms with Gasteiger partial charge in [0.15, 0.2) is 0 Å². The number of hydrogen-bond acceptors (Lipinski definition) is 6. The van der Waals surface area contributed by atoms with Gasteiger partial charge in [-0.05, 0) is 38.5 Å². The fourth-order valence-corrected chi connectivity index (χ4v) is 2.28. The molecule has 0 aliphatic heterocycles. The Morgan fingerprint density at radius 2 is 1.55 bits per heavy atom. The van der Waals surface area contributed by atoms with Crippen LogP contribution in [0, 0.1) is 0 Å². The molecule has 2 N–H and O–H groups in total. The molecule has 1 unspecified atom stereocenters. The van der Waals surface area contributed by atoms with Gasteiger partial charge in [0.05, 0.1) is 6.10 Å². The molecule has 6 heteroatoms. The second-order valence-electron chi connectivity index (χ2n) is 6.94. The number of rotatable bonds is 17. The Balaban J connectivity index is 3.73. The average Bonchev–Trinajstić information content (AvgIpc) is 2.74. The first kappa shape index (κ1) is 28.6. The third-order valence-corrected chi connectivity index (χ3v) is 3.91. The van der Waals surface area contributed by atoms with Crippen LogP contribution in [0.3, 0.4) is 0 Å². The Hall–Kier alpha value is -2.44. The van der Waals surface area contributed by atoms with Crippen molar-refractivity contribution < 1.29 is 29.3 Å². The van der Waals surface area contributed by atoms with Crippen LogP contribution in [0.2, 0.25) is 0 Å². The summed E-state index contributed by atoms with van der Waals surface area (Å²) in [7, 11) is 0. The normalized spacial score (nSPS) is 14.3. The smallest absolute Gasteiger partial charge is 0.305 e. The van der Waals surface area contributed by atoms with Crippen LogP contribution >= 0.6 is 0 Å². The molecule has 0 amide bonds. The maximum absolute atomic E-state index is 11.6. The molecule has 31 heavy (non-hydrogen) atoms. The van der Waals surface area contributed by atoms with E-state index in [4.69, 9.17) is 4.74 Å². The third kappa shape index (κ3) is 22.1. The summed E-state index contributed by atoms with van der Waals surface area (Å²) in [5, 5.41) is 19.3.